The number of benzene rings is 3. The van der Waals surface area contributed by atoms with Gasteiger partial charge in [-0.25, -0.2) is 13.2 Å². The van der Waals surface area contributed by atoms with Crippen molar-refractivity contribution >= 4 is 27.5 Å². The quantitative estimate of drug-likeness (QED) is 0.272. The van der Waals surface area contributed by atoms with Crippen molar-refractivity contribution in [2.45, 2.75) is 55.9 Å². The van der Waals surface area contributed by atoms with Crippen LogP contribution in [0.1, 0.15) is 37.7 Å². The van der Waals surface area contributed by atoms with Crippen molar-refractivity contribution in [3.63, 3.8) is 0 Å². The SMILES string of the molecule is C#Cc1c(F)ccc2cc(O)cc(-c3ccc4c(N5CC6CCC(C5)N6CCO)nc(OCC56CCCN5CC(F)C6)nc4c3F)c12. The summed E-state index contributed by atoms with van der Waals surface area (Å²) < 4.78 is 52.6. The molecular formula is C36H36F3N5O3. The van der Waals surface area contributed by atoms with E-state index in [1.807, 2.05) is 0 Å². The topological polar surface area (TPSA) is 85.2 Å². The predicted octanol–water partition coefficient (Wildman–Crippen LogP) is 5.02. The fourth-order valence-electron chi connectivity index (χ4n) is 8.71. The number of nitrogens with zero attached hydrogens (tertiary/aromatic N) is 5. The zero-order chi connectivity index (χ0) is 32.4. The molecule has 47 heavy (non-hydrogen) atoms. The minimum absolute atomic E-state index is 0.00773. The first-order valence-corrected chi connectivity index (χ1v) is 16.3. The minimum atomic E-state index is -0.924. The highest BCUT2D eigenvalue weighted by Crippen LogP contribution is 2.43. The number of fused-ring (bicyclic) bond motifs is 5. The van der Waals surface area contributed by atoms with Gasteiger partial charge in [0.25, 0.3) is 0 Å². The molecule has 244 valence electrons. The second-order valence-corrected chi connectivity index (χ2v) is 13.4. The first-order chi connectivity index (χ1) is 22.8. The summed E-state index contributed by atoms with van der Waals surface area (Å²) in [4.78, 5) is 16.1. The van der Waals surface area contributed by atoms with Crippen LogP contribution in [0.3, 0.4) is 0 Å². The average Bonchev–Trinajstić information content (AvgIpc) is 3.65. The van der Waals surface area contributed by atoms with Crippen LogP contribution in [-0.2, 0) is 0 Å². The van der Waals surface area contributed by atoms with Gasteiger partial charge in [0.15, 0.2) is 5.82 Å². The van der Waals surface area contributed by atoms with Gasteiger partial charge in [-0.1, -0.05) is 18.1 Å². The van der Waals surface area contributed by atoms with Gasteiger partial charge in [0.2, 0.25) is 0 Å². The monoisotopic (exact) mass is 643 g/mol. The van der Waals surface area contributed by atoms with Crippen LogP contribution in [-0.4, -0.2) is 99.7 Å². The van der Waals surface area contributed by atoms with Gasteiger partial charge in [0.1, 0.15) is 35.7 Å². The van der Waals surface area contributed by atoms with Crippen molar-refractivity contribution in [1.82, 2.24) is 19.8 Å². The highest BCUT2D eigenvalue weighted by Gasteiger charge is 2.49. The lowest BCUT2D eigenvalue weighted by atomic mass is 9.93. The normalized spacial score (nSPS) is 25.9. The Morgan fingerprint density at radius 2 is 1.85 bits per heavy atom. The van der Waals surface area contributed by atoms with Gasteiger partial charge in [-0.3, -0.25) is 9.80 Å². The molecule has 3 aromatic carbocycles. The Morgan fingerprint density at radius 1 is 1.04 bits per heavy atom. The smallest absolute Gasteiger partial charge is 0.319 e. The summed E-state index contributed by atoms with van der Waals surface area (Å²) in [6.07, 6.45) is 8.91. The van der Waals surface area contributed by atoms with Crippen molar-refractivity contribution < 1.29 is 28.1 Å². The predicted molar refractivity (Wildman–Crippen MR) is 173 cm³/mol. The molecule has 8 rings (SSSR count). The van der Waals surface area contributed by atoms with Gasteiger partial charge in [-0.2, -0.15) is 9.97 Å². The number of aromatic nitrogens is 2. The van der Waals surface area contributed by atoms with Crippen LogP contribution in [0.25, 0.3) is 32.8 Å². The molecule has 2 bridgehead atoms. The van der Waals surface area contributed by atoms with Gasteiger partial charge >= 0.3 is 6.01 Å². The molecule has 2 N–H and O–H groups in total. The van der Waals surface area contributed by atoms with Crippen molar-refractivity contribution in [2.75, 3.05) is 50.8 Å². The number of hydrogen-bond donors (Lipinski definition) is 2. The molecule has 0 amide bonds. The van der Waals surface area contributed by atoms with Crippen molar-refractivity contribution in [3.8, 4) is 35.2 Å². The number of rotatable bonds is 7. The summed E-state index contributed by atoms with van der Waals surface area (Å²) in [6.45, 7) is 3.37. The highest BCUT2D eigenvalue weighted by molar-refractivity contribution is 6.04. The lowest BCUT2D eigenvalue weighted by Gasteiger charge is -2.41. The first-order valence-electron chi connectivity index (χ1n) is 16.3. The number of aliphatic hydroxyl groups is 1. The Morgan fingerprint density at radius 3 is 2.62 bits per heavy atom. The minimum Gasteiger partial charge on any atom is -0.508 e. The molecule has 0 saturated carbocycles. The maximum absolute atomic E-state index is 16.9. The molecule has 11 heteroatoms. The van der Waals surface area contributed by atoms with Crippen LogP contribution in [0.2, 0.25) is 0 Å². The fourth-order valence-corrected chi connectivity index (χ4v) is 8.71. The molecule has 4 fully saturated rings. The van der Waals surface area contributed by atoms with Gasteiger partial charge in [-0.15, -0.1) is 6.42 Å². The number of ether oxygens (including phenoxy) is 1. The maximum Gasteiger partial charge on any atom is 0.319 e. The Labute approximate surface area is 270 Å². The molecule has 0 radical (unpaired) electrons. The summed E-state index contributed by atoms with van der Waals surface area (Å²) >= 11 is 0. The molecule has 4 unspecified atom stereocenters. The van der Waals surface area contributed by atoms with Crippen LogP contribution in [0.4, 0.5) is 19.0 Å². The number of terminal acetylenes is 1. The Balaban J connectivity index is 1.26. The van der Waals surface area contributed by atoms with Gasteiger partial charge in [0.05, 0.1) is 17.7 Å². The van der Waals surface area contributed by atoms with E-state index in [2.05, 4.69) is 25.6 Å². The second-order valence-electron chi connectivity index (χ2n) is 13.4. The van der Waals surface area contributed by atoms with Gasteiger partial charge < -0.3 is 19.8 Å². The van der Waals surface area contributed by atoms with Crippen molar-refractivity contribution in [1.29, 1.82) is 0 Å². The number of aromatic hydroxyl groups is 1. The molecule has 5 heterocycles. The second kappa shape index (κ2) is 11.5. The zero-order valence-corrected chi connectivity index (χ0v) is 25.9. The van der Waals surface area contributed by atoms with Crippen molar-refractivity contribution in [3.05, 3.63) is 53.6 Å². The largest absolute Gasteiger partial charge is 0.508 e. The number of anilines is 1. The summed E-state index contributed by atoms with van der Waals surface area (Å²) in [5, 5.41) is 21.5. The molecule has 4 atom stereocenters. The molecule has 4 aliphatic rings. The van der Waals surface area contributed by atoms with Crippen LogP contribution in [0.5, 0.6) is 11.8 Å². The van der Waals surface area contributed by atoms with E-state index in [4.69, 9.17) is 16.1 Å². The van der Waals surface area contributed by atoms with Crippen LogP contribution < -0.4 is 9.64 Å². The summed E-state index contributed by atoms with van der Waals surface area (Å²) in [7, 11) is 0. The Kier molecular flexibility index (Phi) is 7.43. The number of phenols is 1. The van der Waals surface area contributed by atoms with E-state index in [-0.39, 0.29) is 59.3 Å². The van der Waals surface area contributed by atoms with E-state index in [0.29, 0.717) is 54.6 Å². The molecular weight excluding hydrogens is 607 g/mol. The number of alkyl halides is 1. The molecule has 0 aliphatic carbocycles. The number of piperazine rings is 1. The zero-order valence-electron chi connectivity index (χ0n) is 25.9. The Bertz CT molecular complexity index is 1920. The standard InChI is InChI=1S/C36H36F3N5O3/c1-2-26-30(38)9-4-21-14-25(46)15-29(31(21)26)27-7-8-28-33(32(27)39)40-35(47-20-36-10-3-11-43(36)17-22(37)16-36)41-34(28)42-18-23-5-6-24(19-42)44(23)12-13-45/h1,4,7-9,14-15,22-24,45-46H,3,5-6,10-13,16-20H2. The number of aliphatic hydroxyl groups excluding tert-OH is 1. The van der Waals surface area contributed by atoms with E-state index in [9.17, 15) is 19.0 Å². The Hall–Kier alpha value is -4.11. The molecule has 1 aromatic heterocycles. The first kappa shape index (κ1) is 30.2. The molecule has 4 aliphatic heterocycles. The molecule has 4 saturated heterocycles. The maximum atomic E-state index is 16.9. The molecule has 0 spiro atoms. The lowest BCUT2D eigenvalue weighted by molar-refractivity contribution is 0.107. The van der Waals surface area contributed by atoms with Crippen LogP contribution >= 0.6 is 0 Å². The summed E-state index contributed by atoms with van der Waals surface area (Å²) in [6, 6.07) is 9.38. The van der Waals surface area contributed by atoms with Gasteiger partial charge in [-0.05, 0) is 67.4 Å². The number of halogens is 3. The average molecular weight is 644 g/mol. The fraction of sp³-hybridized carbons (Fsp3) is 0.444. The third kappa shape index (κ3) is 4.96. The summed E-state index contributed by atoms with van der Waals surface area (Å²) in [5.74, 6) is 1.52. The van der Waals surface area contributed by atoms with Gasteiger partial charge in [0, 0.05) is 61.0 Å². The lowest BCUT2D eigenvalue weighted by Crippen LogP contribution is -2.54. The molecule has 8 nitrogen and oxygen atoms in total. The highest BCUT2D eigenvalue weighted by atomic mass is 19.1. The summed E-state index contributed by atoms with van der Waals surface area (Å²) in [5.41, 5.74) is -0.100. The van der Waals surface area contributed by atoms with Crippen molar-refractivity contribution in [2.24, 2.45) is 0 Å². The third-order valence-electron chi connectivity index (χ3n) is 10.8. The van der Waals surface area contributed by atoms with E-state index >= 15 is 4.39 Å². The van der Waals surface area contributed by atoms with E-state index < -0.39 is 23.3 Å². The number of hydrogen-bond acceptors (Lipinski definition) is 8. The van der Waals surface area contributed by atoms with E-state index in [1.54, 1.807) is 12.1 Å². The van der Waals surface area contributed by atoms with Crippen LogP contribution in [0, 0.1) is 24.0 Å². The van der Waals surface area contributed by atoms with Crippen LogP contribution in [0.15, 0.2) is 36.4 Å². The number of phenolic OH excluding ortho intramolecular Hbond substituents is 1. The van der Waals surface area contributed by atoms with E-state index in [1.165, 1.54) is 24.3 Å². The third-order valence-corrected chi connectivity index (χ3v) is 10.8. The van der Waals surface area contributed by atoms with E-state index in [0.717, 1.165) is 32.2 Å². The molecule has 4 aromatic rings.